The molecule has 0 fully saturated rings. The maximum atomic E-state index is 4.59. The van der Waals surface area contributed by atoms with Crippen LogP contribution in [-0.4, -0.2) is 16.5 Å². The molecule has 3 nitrogen and oxygen atoms in total. The first-order valence-electron chi connectivity index (χ1n) is 6.47. The van der Waals surface area contributed by atoms with Gasteiger partial charge in [-0.25, -0.2) is 9.97 Å². The Bertz CT molecular complexity index is 582. The van der Waals surface area contributed by atoms with E-state index in [1.165, 1.54) is 0 Å². The minimum atomic E-state index is 0.787. The molecule has 0 amide bonds. The predicted octanol–water partition coefficient (Wildman–Crippen LogP) is 4.34. The van der Waals surface area contributed by atoms with E-state index in [1.807, 2.05) is 25.1 Å². The third-order valence-electron chi connectivity index (χ3n) is 2.93. The Morgan fingerprint density at radius 3 is 2.58 bits per heavy atom. The van der Waals surface area contributed by atoms with Crippen molar-refractivity contribution in [3.63, 3.8) is 0 Å². The highest BCUT2D eigenvalue weighted by atomic mass is 79.9. The number of halogens is 1. The molecule has 2 rings (SSSR count). The molecular weight excluding hydrogens is 302 g/mol. The molecular formula is C15H18BrN3. The summed E-state index contributed by atoms with van der Waals surface area (Å²) in [5.74, 6) is 1.72. The lowest BCUT2D eigenvalue weighted by atomic mass is 10.1. The smallest absolute Gasteiger partial charge is 0.133 e. The first-order chi connectivity index (χ1) is 9.13. The van der Waals surface area contributed by atoms with Crippen LogP contribution in [0.5, 0.6) is 0 Å². The molecule has 0 atom stereocenters. The van der Waals surface area contributed by atoms with Crippen LogP contribution in [0.25, 0.3) is 11.3 Å². The molecule has 1 aromatic heterocycles. The third kappa shape index (κ3) is 3.13. The van der Waals surface area contributed by atoms with Crippen molar-refractivity contribution in [3.8, 4) is 11.3 Å². The quantitative estimate of drug-likeness (QED) is 0.910. The number of benzene rings is 1. The third-order valence-corrected chi connectivity index (χ3v) is 3.62. The highest BCUT2D eigenvalue weighted by Gasteiger charge is 2.12. The first-order valence-corrected chi connectivity index (χ1v) is 7.26. The van der Waals surface area contributed by atoms with Gasteiger partial charge in [0.1, 0.15) is 11.6 Å². The summed E-state index contributed by atoms with van der Waals surface area (Å²) in [7, 11) is 0. The number of aryl methyl sites for hydroxylation is 1. The summed E-state index contributed by atoms with van der Waals surface area (Å²) in [6, 6.07) is 8.14. The van der Waals surface area contributed by atoms with Gasteiger partial charge in [-0.1, -0.05) is 41.1 Å². The molecule has 100 valence electrons. The standard InChI is InChI=1S/C15H18BrN3/c1-4-9-17-15-10(2)14(18-11(3)19-15)12-7-5-6-8-13(12)16/h5-8H,4,9H2,1-3H3,(H,17,18,19). The van der Waals surface area contributed by atoms with Crippen LogP contribution >= 0.6 is 15.9 Å². The monoisotopic (exact) mass is 319 g/mol. The topological polar surface area (TPSA) is 37.8 Å². The number of nitrogens with one attached hydrogen (secondary N) is 1. The molecule has 0 spiro atoms. The number of hydrogen-bond donors (Lipinski definition) is 1. The van der Waals surface area contributed by atoms with Crippen LogP contribution in [-0.2, 0) is 0 Å². The van der Waals surface area contributed by atoms with Gasteiger partial charge in [0.2, 0.25) is 0 Å². The second-order valence-corrected chi connectivity index (χ2v) is 5.35. The molecule has 0 saturated carbocycles. The van der Waals surface area contributed by atoms with Crippen molar-refractivity contribution in [2.45, 2.75) is 27.2 Å². The van der Waals surface area contributed by atoms with E-state index in [0.29, 0.717) is 0 Å². The molecule has 0 saturated heterocycles. The Labute approximate surface area is 122 Å². The fraction of sp³-hybridized carbons (Fsp3) is 0.333. The predicted molar refractivity (Wildman–Crippen MR) is 83.4 cm³/mol. The lowest BCUT2D eigenvalue weighted by molar-refractivity contribution is 0.948. The summed E-state index contributed by atoms with van der Waals surface area (Å²) in [6.45, 7) is 7.06. The fourth-order valence-corrected chi connectivity index (χ4v) is 2.43. The fourth-order valence-electron chi connectivity index (χ4n) is 1.96. The lowest BCUT2D eigenvalue weighted by Crippen LogP contribution is -2.07. The normalized spacial score (nSPS) is 10.5. The van der Waals surface area contributed by atoms with E-state index in [2.05, 4.69) is 51.1 Å². The van der Waals surface area contributed by atoms with Crippen molar-refractivity contribution < 1.29 is 0 Å². The van der Waals surface area contributed by atoms with Crippen LogP contribution in [0.15, 0.2) is 28.7 Å². The summed E-state index contributed by atoms with van der Waals surface area (Å²) in [5, 5.41) is 3.37. The van der Waals surface area contributed by atoms with E-state index in [4.69, 9.17) is 0 Å². The molecule has 2 aromatic rings. The van der Waals surface area contributed by atoms with Crippen LogP contribution in [0.1, 0.15) is 24.7 Å². The van der Waals surface area contributed by atoms with Gasteiger partial charge in [-0.05, 0) is 26.3 Å². The minimum Gasteiger partial charge on any atom is -0.370 e. The Kier molecular flexibility index (Phi) is 4.53. The van der Waals surface area contributed by atoms with E-state index in [-0.39, 0.29) is 0 Å². The lowest BCUT2D eigenvalue weighted by Gasteiger charge is -2.13. The van der Waals surface area contributed by atoms with E-state index < -0.39 is 0 Å². The van der Waals surface area contributed by atoms with Gasteiger partial charge in [-0.2, -0.15) is 0 Å². The van der Waals surface area contributed by atoms with Gasteiger partial charge in [0.25, 0.3) is 0 Å². The second kappa shape index (κ2) is 6.15. The summed E-state index contributed by atoms with van der Waals surface area (Å²) < 4.78 is 1.05. The van der Waals surface area contributed by atoms with Crippen LogP contribution in [0, 0.1) is 13.8 Å². The summed E-state index contributed by atoms with van der Waals surface area (Å²) in [6.07, 6.45) is 1.08. The average molecular weight is 320 g/mol. The van der Waals surface area contributed by atoms with E-state index in [9.17, 15) is 0 Å². The molecule has 0 aliphatic rings. The minimum absolute atomic E-state index is 0.787. The molecule has 1 aromatic carbocycles. The zero-order valence-corrected chi connectivity index (χ0v) is 13.1. The van der Waals surface area contributed by atoms with Crippen LogP contribution in [0.4, 0.5) is 5.82 Å². The van der Waals surface area contributed by atoms with Gasteiger partial charge in [0.15, 0.2) is 0 Å². The van der Waals surface area contributed by atoms with Gasteiger partial charge in [-0.3, -0.25) is 0 Å². The maximum absolute atomic E-state index is 4.59. The summed E-state index contributed by atoms with van der Waals surface area (Å²) >= 11 is 3.59. The van der Waals surface area contributed by atoms with Crippen molar-refractivity contribution in [2.75, 3.05) is 11.9 Å². The Balaban J connectivity index is 2.52. The van der Waals surface area contributed by atoms with Gasteiger partial charge in [0, 0.05) is 22.1 Å². The van der Waals surface area contributed by atoms with Crippen LogP contribution < -0.4 is 5.32 Å². The van der Waals surface area contributed by atoms with E-state index >= 15 is 0 Å². The van der Waals surface area contributed by atoms with Gasteiger partial charge < -0.3 is 5.32 Å². The van der Waals surface area contributed by atoms with Crippen LogP contribution in [0.3, 0.4) is 0 Å². The molecule has 1 heterocycles. The maximum Gasteiger partial charge on any atom is 0.133 e. The number of hydrogen-bond acceptors (Lipinski definition) is 3. The molecule has 1 N–H and O–H groups in total. The van der Waals surface area contributed by atoms with Crippen molar-refractivity contribution in [2.24, 2.45) is 0 Å². The number of rotatable bonds is 4. The Hall–Kier alpha value is -1.42. The molecule has 0 unspecified atom stereocenters. The average Bonchev–Trinajstić information content (AvgIpc) is 2.40. The molecule has 0 radical (unpaired) electrons. The van der Waals surface area contributed by atoms with Crippen molar-refractivity contribution >= 4 is 21.7 Å². The molecule has 19 heavy (non-hydrogen) atoms. The number of nitrogens with zero attached hydrogens (tertiary/aromatic N) is 2. The largest absolute Gasteiger partial charge is 0.370 e. The zero-order valence-electron chi connectivity index (χ0n) is 11.5. The SMILES string of the molecule is CCCNc1nc(C)nc(-c2ccccc2Br)c1C. The Morgan fingerprint density at radius 1 is 1.16 bits per heavy atom. The number of aromatic nitrogens is 2. The first kappa shape index (κ1) is 14.0. The number of anilines is 1. The highest BCUT2D eigenvalue weighted by molar-refractivity contribution is 9.10. The Morgan fingerprint density at radius 2 is 1.89 bits per heavy atom. The van der Waals surface area contributed by atoms with Crippen molar-refractivity contribution in [1.29, 1.82) is 0 Å². The zero-order chi connectivity index (χ0) is 13.8. The van der Waals surface area contributed by atoms with Crippen molar-refractivity contribution in [1.82, 2.24) is 9.97 Å². The second-order valence-electron chi connectivity index (χ2n) is 4.50. The van der Waals surface area contributed by atoms with E-state index in [1.54, 1.807) is 0 Å². The summed E-state index contributed by atoms with van der Waals surface area (Å²) in [5.41, 5.74) is 3.18. The van der Waals surface area contributed by atoms with Crippen LogP contribution in [0.2, 0.25) is 0 Å². The summed E-state index contributed by atoms with van der Waals surface area (Å²) in [4.78, 5) is 9.08. The molecule has 0 aliphatic carbocycles. The molecule has 0 bridgehead atoms. The van der Waals surface area contributed by atoms with Gasteiger partial charge in [-0.15, -0.1) is 0 Å². The molecule has 0 aliphatic heterocycles. The van der Waals surface area contributed by atoms with Gasteiger partial charge in [0.05, 0.1) is 5.69 Å². The highest BCUT2D eigenvalue weighted by Crippen LogP contribution is 2.31. The van der Waals surface area contributed by atoms with Crippen molar-refractivity contribution in [3.05, 3.63) is 40.1 Å². The molecule has 4 heteroatoms. The van der Waals surface area contributed by atoms with Gasteiger partial charge >= 0.3 is 0 Å². The van der Waals surface area contributed by atoms with E-state index in [0.717, 1.165) is 45.9 Å².